The first-order chi connectivity index (χ1) is 8.69. The molecule has 0 aliphatic heterocycles. The van der Waals surface area contributed by atoms with Crippen molar-refractivity contribution < 1.29 is 8.78 Å². The minimum atomic E-state index is -2.58. The molecule has 0 aromatic heterocycles. The summed E-state index contributed by atoms with van der Waals surface area (Å²) in [4.78, 5) is 0. The predicted octanol–water partition coefficient (Wildman–Crippen LogP) is 4.11. The maximum Gasteiger partial charge on any atom is 0.263 e. The van der Waals surface area contributed by atoms with Gasteiger partial charge in [-0.1, -0.05) is 48.5 Å². The van der Waals surface area contributed by atoms with Crippen LogP contribution >= 0.6 is 0 Å². The van der Waals surface area contributed by atoms with Crippen LogP contribution in [-0.4, -0.2) is 5.92 Å². The quantitative estimate of drug-likeness (QED) is 0.652. The predicted molar refractivity (Wildman–Crippen MR) is 66.1 cm³/mol. The lowest BCUT2D eigenvalue weighted by atomic mass is 9.97. The first-order valence-electron chi connectivity index (χ1n) is 6.23. The van der Waals surface area contributed by atoms with Crippen molar-refractivity contribution in [2.24, 2.45) is 0 Å². The lowest BCUT2D eigenvalue weighted by Gasteiger charge is -2.10. The molecule has 2 heteroatoms. The van der Waals surface area contributed by atoms with Crippen LogP contribution in [0.3, 0.4) is 0 Å². The van der Waals surface area contributed by atoms with Crippen LogP contribution in [-0.2, 0) is 6.42 Å². The van der Waals surface area contributed by atoms with Crippen molar-refractivity contribution in [2.45, 2.75) is 24.2 Å². The van der Waals surface area contributed by atoms with E-state index in [4.69, 9.17) is 0 Å². The summed E-state index contributed by atoms with van der Waals surface area (Å²) in [5.74, 6) is -3.80. The molecule has 0 nitrogen and oxygen atoms in total. The Kier molecular flexibility index (Phi) is 1.82. The molecule has 1 fully saturated rings. The van der Waals surface area contributed by atoms with E-state index in [0.717, 1.165) is 28.7 Å². The molecule has 0 amide bonds. The van der Waals surface area contributed by atoms with Crippen LogP contribution in [0.4, 0.5) is 8.78 Å². The Morgan fingerprint density at radius 2 is 1.22 bits per heavy atom. The maximum absolute atomic E-state index is 14.0. The fraction of sp³-hybridized carbons (Fsp3) is 0.250. The second-order valence-corrected chi connectivity index (χ2v) is 5.20. The van der Waals surface area contributed by atoms with Gasteiger partial charge in [0, 0.05) is 0 Å². The van der Waals surface area contributed by atoms with Gasteiger partial charge in [-0.05, 0) is 28.7 Å². The molecule has 2 aliphatic rings. The molecule has 0 bridgehead atoms. The van der Waals surface area contributed by atoms with Crippen LogP contribution in [0.2, 0.25) is 0 Å². The molecule has 0 spiro atoms. The zero-order valence-electron chi connectivity index (χ0n) is 9.74. The topological polar surface area (TPSA) is 0 Å². The summed E-state index contributed by atoms with van der Waals surface area (Å²) < 4.78 is 28.1. The average molecular weight is 242 g/mol. The Balaban J connectivity index is 1.98. The molecule has 0 saturated heterocycles. The molecule has 4 rings (SSSR count). The van der Waals surface area contributed by atoms with Crippen molar-refractivity contribution in [3.8, 4) is 0 Å². The summed E-state index contributed by atoms with van der Waals surface area (Å²) in [6.07, 6.45) is 0.773. The van der Waals surface area contributed by atoms with Gasteiger partial charge in [0.15, 0.2) is 0 Å². The van der Waals surface area contributed by atoms with E-state index in [2.05, 4.69) is 0 Å². The van der Waals surface area contributed by atoms with Crippen LogP contribution in [0.25, 0.3) is 0 Å². The number of hydrogen-bond donors (Lipinski definition) is 0. The second kappa shape index (κ2) is 3.19. The molecule has 2 atom stereocenters. The first kappa shape index (κ1) is 10.2. The van der Waals surface area contributed by atoms with Crippen molar-refractivity contribution >= 4 is 0 Å². The van der Waals surface area contributed by atoms with Crippen LogP contribution in [0, 0.1) is 0 Å². The monoisotopic (exact) mass is 242 g/mol. The first-order valence-corrected chi connectivity index (χ1v) is 6.23. The third kappa shape index (κ3) is 1.18. The van der Waals surface area contributed by atoms with Gasteiger partial charge in [-0.3, -0.25) is 0 Å². The van der Waals surface area contributed by atoms with Crippen LogP contribution in [0.15, 0.2) is 48.5 Å². The molecule has 90 valence electrons. The van der Waals surface area contributed by atoms with Gasteiger partial charge in [-0.25, -0.2) is 8.78 Å². The highest BCUT2D eigenvalue weighted by atomic mass is 19.3. The summed E-state index contributed by atoms with van der Waals surface area (Å²) in [5.41, 5.74) is 3.77. The number of rotatable bonds is 0. The molecule has 2 aliphatic carbocycles. The summed E-state index contributed by atoms with van der Waals surface area (Å²) in [6, 6.07) is 15.3. The third-order valence-electron chi connectivity index (χ3n) is 4.21. The fourth-order valence-electron chi connectivity index (χ4n) is 3.30. The second-order valence-electron chi connectivity index (χ2n) is 5.20. The Labute approximate surface area is 104 Å². The molecule has 0 heterocycles. The Morgan fingerprint density at radius 1 is 0.778 bits per heavy atom. The zero-order valence-corrected chi connectivity index (χ0v) is 9.74. The highest BCUT2D eigenvalue weighted by Gasteiger charge is 2.70. The van der Waals surface area contributed by atoms with Gasteiger partial charge in [0.05, 0.1) is 11.8 Å². The van der Waals surface area contributed by atoms with Crippen molar-refractivity contribution in [3.63, 3.8) is 0 Å². The summed E-state index contributed by atoms with van der Waals surface area (Å²) in [5, 5.41) is 0. The number of alkyl halides is 2. The van der Waals surface area contributed by atoms with E-state index >= 15 is 0 Å². The lowest BCUT2D eigenvalue weighted by Crippen LogP contribution is -2.02. The van der Waals surface area contributed by atoms with Crippen molar-refractivity contribution in [2.75, 3.05) is 0 Å². The summed E-state index contributed by atoms with van der Waals surface area (Å²) in [7, 11) is 0. The van der Waals surface area contributed by atoms with Gasteiger partial charge in [0.1, 0.15) is 0 Å². The summed E-state index contributed by atoms with van der Waals surface area (Å²) >= 11 is 0. The molecule has 1 saturated carbocycles. The van der Waals surface area contributed by atoms with Crippen LogP contribution in [0.1, 0.15) is 34.1 Å². The Bertz CT molecular complexity index is 577. The van der Waals surface area contributed by atoms with E-state index in [1.165, 1.54) is 0 Å². The Morgan fingerprint density at radius 3 is 1.72 bits per heavy atom. The standard InChI is InChI=1S/C16H12F2/c17-16(18)14-12-7-3-1-5-10(12)9-11-6-2-4-8-13(11)15(14)16/h1-8,14-15H,9H2. The highest BCUT2D eigenvalue weighted by molar-refractivity contribution is 5.53. The van der Waals surface area contributed by atoms with Gasteiger partial charge in [0.2, 0.25) is 0 Å². The average Bonchev–Trinajstić information content (AvgIpc) is 2.98. The van der Waals surface area contributed by atoms with Crippen molar-refractivity contribution in [3.05, 3.63) is 70.8 Å². The van der Waals surface area contributed by atoms with Gasteiger partial charge < -0.3 is 0 Å². The highest BCUT2D eigenvalue weighted by Crippen LogP contribution is 2.69. The van der Waals surface area contributed by atoms with E-state index < -0.39 is 17.8 Å². The zero-order chi connectivity index (χ0) is 12.3. The number of fused-ring (bicyclic) bond motifs is 5. The Hall–Kier alpha value is -1.70. The SMILES string of the molecule is FC1(F)C2c3ccccc3Cc3ccccc3C21. The van der Waals surface area contributed by atoms with Gasteiger partial charge in [0.25, 0.3) is 5.92 Å². The molecular weight excluding hydrogens is 230 g/mol. The van der Waals surface area contributed by atoms with Gasteiger partial charge in [-0.15, -0.1) is 0 Å². The minimum absolute atomic E-state index is 0.614. The van der Waals surface area contributed by atoms with Crippen LogP contribution < -0.4 is 0 Å². The number of halogens is 2. The van der Waals surface area contributed by atoms with Gasteiger partial charge in [-0.2, -0.15) is 0 Å². The van der Waals surface area contributed by atoms with Gasteiger partial charge >= 0.3 is 0 Å². The third-order valence-corrected chi connectivity index (χ3v) is 4.21. The maximum atomic E-state index is 14.0. The normalized spacial score (nSPS) is 26.6. The number of hydrogen-bond acceptors (Lipinski definition) is 0. The molecule has 18 heavy (non-hydrogen) atoms. The van der Waals surface area contributed by atoms with E-state index in [0.29, 0.717) is 0 Å². The molecule has 0 radical (unpaired) electrons. The van der Waals surface area contributed by atoms with Crippen LogP contribution in [0.5, 0.6) is 0 Å². The lowest BCUT2D eigenvalue weighted by molar-refractivity contribution is 0.104. The minimum Gasteiger partial charge on any atom is -0.205 e. The molecule has 2 unspecified atom stereocenters. The molecule has 0 N–H and O–H groups in total. The van der Waals surface area contributed by atoms with E-state index in [1.807, 2.05) is 48.5 Å². The smallest absolute Gasteiger partial charge is 0.205 e. The van der Waals surface area contributed by atoms with E-state index in [9.17, 15) is 8.78 Å². The largest absolute Gasteiger partial charge is 0.263 e. The molecule has 2 aromatic carbocycles. The van der Waals surface area contributed by atoms with E-state index in [1.54, 1.807) is 0 Å². The molecule has 2 aromatic rings. The van der Waals surface area contributed by atoms with E-state index in [-0.39, 0.29) is 0 Å². The molecular formula is C16H12F2. The summed E-state index contributed by atoms with van der Waals surface area (Å²) in [6.45, 7) is 0. The van der Waals surface area contributed by atoms with Crippen molar-refractivity contribution in [1.82, 2.24) is 0 Å². The number of benzene rings is 2. The van der Waals surface area contributed by atoms with Crippen molar-refractivity contribution in [1.29, 1.82) is 0 Å². The fourth-order valence-corrected chi connectivity index (χ4v) is 3.30.